The fraction of sp³-hybridized carbons (Fsp3) is 0.562. The average molecular weight is 276 g/mol. The zero-order chi connectivity index (χ0) is 14.5. The number of nitrogens with zero attached hydrogens (tertiary/aromatic N) is 1. The molecule has 4 heteroatoms. The van der Waals surface area contributed by atoms with Gasteiger partial charge in [0, 0.05) is 31.8 Å². The summed E-state index contributed by atoms with van der Waals surface area (Å²) in [6.45, 7) is 4.10. The molecule has 2 rings (SSSR count). The van der Waals surface area contributed by atoms with Gasteiger partial charge in [0.15, 0.2) is 0 Å². The van der Waals surface area contributed by atoms with Gasteiger partial charge in [0.1, 0.15) is 0 Å². The second-order valence-electron chi connectivity index (χ2n) is 5.55. The van der Waals surface area contributed by atoms with Crippen LogP contribution in [0.5, 0.6) is 0 Å². The summed E-state index contributed by atoms with van der Waals surface area (Å²) in [5.74, 6) is 0.571. The lowest BCUT2D eigenvalue weighted by Crippen LogP contribution is -2.51. The van der Waals surface area contributed by atoms with Crippen molar-refractivity contribution in [3.8, 4) is 0 Å². The van der Waals surface area contributed by atoms with Gasteiger partial charge in [0.25, 0.3) is 5.91 Å². The van der Waals surface area contributed by atoms with Gasteiger partial charge in [-0.15, -0.1) is 0 Å². The molecular formula is C16H24N2O2. The summed E-state index contributed by atoms with van der Waals surface area (Å²) in [7, 11) is 1.67. The number of methoxy groups -OCH3 is 1. The van der Waals surface area contributed by atoms with Crippen LogP contribution < -0.4 is 5.73 Å². The molecular weight excluding hydrogens is 252 g/mol. The molecule has 0 aromatic heterocycles. The Hall–Kier alpha value is -1.39. The maximum Gasteiger partial charge on any atom is 0.254 e. The van der Waals surface area contributed by atoms with Crippen molar-refractivity contribution in [2.45, 2.75) is 32.4 Å². The minimum absolute atomic E-state index is 0.0935. The molecule has 2 atom stereocenters. The van der Waals surface area contributed by atoms with E-state index in [4.69, 9.17) is 10.5 Å². The summed E-state index contributed by atoms with van der Waals surface area (Å²) in [5, 5.41) is 0. The largest absolute Gasteiger partial charge is 0.380 e. The van der Waals surface area contributed by atoms with Gasteiger partial charge in [0.2, 0.25) is 0 Å². The van der Waals surface area contributed by atoms with E-state index in [1.54, 1.807) is 7.11 Å². The molecule has 0 aliphatic carbocycles. The van der Waals surface area contributed by atoms with E-state index in [0.29, 0.717) is 19.1 Å². The number of hydrogen-bond acceptors (Lipinski definition) is 3. The maximum absolute atomic E-state index is 12.6. The maximum atomic E-state index is 12.6. The lowest BCUT2D eigenvalue weighted by molar-refractivity contribution is 0.0532. The number of nitrogens with two attached hydrogens (primary N) is 1. The predicted molar refractivity (Wildman–Crippen MR) is 79.4 cm³/mol. The number of hydrogen-bond donors (Lipinski definition) is 1. The summed E-state index contributed by atoms with van der Waals surface area (Å²) in [6.07, 6.45) is 2.21. The third kappa shape index (κ3) is 3.19. The van der Waals surface area contributed by atoms with Crippen LogP contribution in [0.3, 0.4) is 0 Å². The van der Waals surface area contributed by atoms with Gasteiger partial charge in [-0.05, 0) is 36.5 Å². The Bertz CT molecular complexity index is 444. The number of likely N-dealkylation sites (tertiary alicyclic amines) is 1. The molecule has 1 heterocycles. The fourth-order valence-electron chi connectivity index (χ4n) is 2.94. The van der Waals surface area contributed by atoms with Crippen LogP contribution in [0.25, 0.3) is 0 Å². The van der Waals surface area contributed by atoms with Crippen molar-refractivity contribution in [1.82, 2.24) is 4.90 Å². The SMILES string of the molecule is COCc1ccc(C(=O)N2CCC[C@@H](C)[C@@H]2CN)cc1. The highest BCUT2D eigenvalue weighted by Crippen LogP contribution is 2.24. The lowest BCUT2D eigenvalue weighted by Gasteiger charge is -2.39. The van der Waals surface area contributed by atoms with Crippen molar-refractivity contribution in [3.63, 3.8) is 0 Å². The van der Waals surface area contributed by atoms with E-state index < -0.39 is 0 Å². The topological polar surface area (TPSA) is 55.6 Å². The van der Waals surface area contributed by atoms with Crippen molar-refractivity contribution in [2.24, 2.45) is 11.7 Å². The third-order valence-corrected chi connectivity index (χ3v) is 4.13. The molecule has 110 valence electrons. The monoisotopic (exact) mass is 276 g/mol. The Morgan fingerprint density at radius 2 is 2.10 bits per heavy atom. The van der Waals surface area contributed by atoms with Crippen LogP contribution in [0.15, 0.2) is 24.3 Å². The van der Waals surface area contributed by atoms with Gasteiger partial charge >= 0.3 is 0 Å². The Labute approximate surface area is 120 Å². The van der Waals surface area contributed by atoms with Gasteiger partial charge in [-0.1, -0.05) is 19.1 Å². The number of carbonyl (C=O) groups is 1. The van der Waals surface area contributed by atoms with E-state index in [9.17, 15) is 4.79 Å². The summed E-state index contributed by atoms with van der Waals surface area (Å²) in [6, 6.07) is 7.81. The molecule has 1 aliphatic heterocycles. The number of carbonyl (C=O) groups excluding carboxylic acids is 1. The standard InChI is InChI=1S/C16H24N2O2/c1-12-4-3-9-18(15(12)10-17)16(19)14-7-5-13(6-8-14)11-20-2/h5-8,12,15H,3-4,9-11,17H2,1-2H3/t12-,15+/m1/s1. The number of benzene rings is 1. The molecule has 2 N–H and O–H groups in total. The van der Waals surface area contributed by atoms with E-state index in [1.807, 2.05) is 29.2 Å². The van der Waals surface area contributed by atoms with Crippen LogP contribution in [-0.2, 0) is 11.3 Å². The van der Waals surface area contributed by atoms with Gasteiger partial charge in [-0.2, -0.15) is 0 Å². The van der Waals surface area contributed by atoms with Crippen molar-refractivity contribution < 1.29 is 9.53 Å². The minimum Gasteiger partial charge on any atom is -0.380 e. The molecule has 0 unspecified atom stereocenters. The molecule has 20 heavy (non-hydrogen) atoms. The van der Waals surface area contributed by atoms with Gasteiger partial charge in [0.05, 0.1) is 6.61 Å². The Balaban J connectivity index is 2.12. The molecule has 1 aromatic carbocycles. The van der Waals surface area contributed by atoms with Crippen LogP contribution in [0, 0.1) is 5.92 Å². The highest BCUT2D eigenvalue weighted by Gasteiger charge is 2.31. The molecule has 1 fully saturated rings. The molecule has 0 spiro atoms. The number of ether oxygens (including phenoxy) is 1. The van der Waals surface area contributed by atoms with Gasteiger partial charge < -0.3 is 15.4 Å². The molecule has 1 aliphatic rings. The van der Waals surface area contributed by atoms with Crippen LogP contribution in [0.4, 0.5) is 0 Å². The normalized spacial score (nSPS) is 22.9. The fourth-order valence-corrected chi connectivity index (χ4v) is 2.94. The molecule has 0 bridgehead atoms. The van der Waals surface area contributed by atoms with Crippen LogP contribution >= 0.6 is 0 Å². The van der Waals surface area contributed by atoms with Crippen LogP contribution in [0.2, 0.25) is 0 Å². The second-order valence-corrected chi connectivity index (χ2v) is 5.55. The molecule has 4 nitrogen and oxygen atoms in total. The second kappa shape index (κ2) is 6.86. The van der Waals surface area contributed by atoms with Crippen molar-refractivity contribution in [2.75, 3.05) is 20.2 Å². The Kier molecular flexibility index (Phi) is 5.15. The molecule has 0 saturated carbocycles. The first-order valence-corrected chi connectivity index (χ1v) is 7.26. The van der Waals surface area contributed by atoms with E-state index >= 15 is 0 Å². The van der Waals surface area contributed by atoms with Gasteiger partial charge in [-0.3, -0.25) is 4.79 Å². The van der Waals surface area contributed by atoms with Crippen LogP contribution in [0.1, 0.15) is 35.7 Å². The summed E-state index contributed by atoms with van der Waals surface area (Å²) >= 11 is 0. The molecule has 1 aromatic rings. The minimum atomic E-state index is 0.0935. The highest BCUT2D eigenvalue weighted by atomic mass is 16.5. The van der Waals surface area contributed by atoms with E-state index in [0.717, 1.165) is 30.5 Å². The van der Waals surface area contributed by atoms with Crippen molar-refractivity contribution >= 4 is 5.91 Å². The third-order valence-electron chi connectivity index (χ3n) is 4.13. The van der Waals surface area contributed by atoms with E-state index in [1.165, 1.54) is 0 Å². The zero-order valence-corrected chi connectivity index (χ0v) is 12.3. The average Bonchev–Trinajstić information content (AvgIpc) is 2.47. The molecule has 0 radical (unpaired) electrons. The number of rotatable bonds is 4. The summed E-state index contributed by atoms with van der Waals surface area (Å²) in [5.41, 5.74) is 7.66. The predicted octanol–water partition coefficient (Wildman–Crippen LogP) is 2.03. The van der Waals surface area contributed by atoms with Crippen molar-refractivity contribution in [1.29, 1.82) is 0 Å². The zero-order valence-electron chi connectivity index (χ0n) is 12.3. The van der Waals surface area contributed by atoms with Gasteiger partial charge in [-0.25, -0.2) is 0 Å². The van der Waals surface area contributed by atoms with E-state index in [2.05, 4.69) is 6.92 Å². The summed E-state index contributed by atoms with van der Waals surface area (Å²) < 4.78 is 5.08. The summed E-state index contributed by atoms with van der Waals surface area (Å²) in [4.78, 5) is 14.6. The number of piperidine rings is 1. The first kappa shape index (κ1) is 15.0. The molecule has 1 saturated heterocycles. The quantitative estimate of drug-likeness (QED) is 0.915. The number of amides is 1. The smallest absolute Gasteiger partial charge is 0.254 e. The Morgan fingerprint density at radius 1 is 1.40 bits per heavy atom. The van der Waals surface area contributed by atoms with E-state index in [-0.39, 0.29) is 11.9 Å². The van der Waals surface area contributed by atoms with Crippen LogP contribution in [-0.4, -0.2) is 37.0 Å². The van der Waals surface area contributed by atoms with Crippen molar-refractivity contribution in [3.05, 3.63) is 35.4 Å². The first-order valence-electron chi connectivity index (χ1n) is 7.26. The highest BCUT2D eigenvalue weighted by molar-refractivity contribution is 5.94. The Morgan fingerprint density at radius 3 is 2.70 bits per heavy atom. The lowest BCUT2D eigenvalue weighted by atomic mass is 9.90. The molecule has 1 amide bonds. The first-order chi connectivity index (χ1) is 9.67.